The minimum atomic E-state index is -4.08. The smallest absolute Gasteiger partial charge is 0.243 e. The van der Waals surface area contributed by atoms with E-state index in [0.29, 0.717) is 28.7 Å². The topological polar surface area (TPSA) is 138 Å². The van der Waals surface area contributed by atoms with Crippen molar-refractivity contribution in [1.82, 2.24) is 14.8 Å². The molecule has 2 aromatic heterocycles. The van der Waals surface area contributed by atoms with Crippen molar-refractivity contribution in [3.63, 3.8) is 0 Å². The second-order valence-electron chi connectivity index (χ2n) is 7.49. The number of aliphatic hydroxyl groups is 1. The first-order valence-electron chi connectivity index (χ1n) is 9.75. The molecule has 0 unspecified atom stereocenters. The molecule has 1 aliphatic rings. The third kappa shape index (κ3) is 3.70. The largest absolute Gasteiger partial charge is 0.494 e. The number of hydrogen-bond donors (Lipinski definition) is 2. The molecule has 3 aromatic rings. The van der Waals surface area contributed by atoms with Gasteiger partial charge in [-0.15, -0.1) is 10.2 Å². The van der Waals surface area contributed by atoms with E-state index < -0.39 is 20.9 Å². The van der Waals surface area contributed by atoms with Gasteiger partial charge in [0.15, 0.2) is 5.76 Å². The van der Waals surface area contributed by atoms with Gasteiger partial charge in [-0.2, -0.15) is 0 Å². The van der Waals surface area contributed by atoms with E-state index >= 15 is 0 Å². The molecule has 1 aliphatic heterocycles. The number of nitrogens with one attached hydrogen (secondary N) is 1. The van der Waals surface area contributed by atoms with E-state index in [1.54, 1.807) is 37.3 Å². The lowest BCUT2D eigenvalue weighted by atomic mass is 9.99. The normalized spacial score (nSPS) is 16.3. The van der Waals surface area contributed by atoms with Crippen LogP contribution in [0.1, 0.15) is 12.7 Å². The molecule has 172 valence electrons. The van der Waals surface area contributed by atoms with E-state index in [1.165, 1.54) is 25.7 Å². The van der Waals surface area contributed by atoms with Crippen molar-refractivity contribution in [3.8, 4) is 28.8 Å². The third-order valence-corrected chi connectivity index (χ3v) is 7.25. The van der Waals surface area contributed by atoms with Crippen LogP contribution in [0.2, 0.25) is 0 Å². The molecule has 0 saturated carbocycles. The summed E-state index contributed by atoms with van der Waals surface area (Å²) < 4.78 is 51.8. The van der Waals surface area contributed by atoms with Crippen molar-refractivity contribution < 1.29 is 32.2 Å². The zero-order valence-electron chi connectivity index (χ0n) is 18.0. The van der Waals surface area contributed by atoms with E-state index in [9.17, 15) is 13.5 Å². The van der Waals surface area contributed by atoms with E-state index in [4.69, 9.17) is 18.6 Å². The van der Waals surface area contributed by atoms with Crippen LogP contribution in [0, 0.1) is 6.92 Å². The average Bonchev–Trinajstić information content (AvgIpc) is 3.36. The van der Waals surface area contributed by atoms with Crippen molar-refractivity contribution >= 4 is 16.0 Å². The summed E-state index contributed by atoms with van der Waals surface area (Å²) in [5.41, 5.74) is -1.11. The van der Waals surface area contributed by atoms with Crippen LogP contribution < -0.4 is 14.2 Å². The zero-order valence-corrected chi connectivity index (χ0v) is 18.8. The van der Waals surface area contributed by atoms with Crippen molar-refractivity contribution in [2.24, 2.45) is 0 Å². The number of para-hydroxylation sites is 1. The van der Waals surface area contributed by atoms with Gasteiger partial charge < -0.3 is 23.7 Å². The van der Waals surface area contributed by atoms with E-state index in [0.717, 1.165) is 0 Å². The zero-order chi connectivity index (χ0) is 23.1. The predicted molar refractivity (Wildman–Crippen MR) is 115 cm³/mol. The summed E-state index contributed by atoms with van der Waals surface area (Å²) >= 11 is 0. The van der Waals surface area contributed by atoms with Gasteiger partial charge >= 0.3 is 0 Å². The number of rotatable bonds is 8. The molecule has 0 spiro atoms. The highest BCUT2D eigenvalue weighted by Gasteiger charge is 2.48. The van der Waals surface area contributed by atoms with Crippen LogP contribution in [-0.4, -0.2) is 66.6 Å². The summed E-state index contributed by atoms with van der Waals surface area (Å²) in [6, 6.07) is 8.59. The molecule has 0 amide bonds. The lowest BCUT2D eigenvalue weighted by molar-refractivity contribution is -0.176. The average molecular weight is 465 g/mol. The van der Waals surface area contributed by atoms with Gasteiger partial charge in [0.25, 0.3) is 0 Å². The summed E-state index contributed by atoms with van der Waals surface area (Å²) in [6.07, 6.45) is 0. The molecule has 0 radical (unpaired) electrons. The third-order valence-electron chi connectivity index (χ3n) is 5.41. The Labute approximate surface area is 185 Å². The number of aryl methyl sites for hydroxylation is 1. The molecule has 1 saturated heterocycles. The van der Waals surface area contributed by atoms with Gasteiger partial charge in [0.2, 0.25) is 21.8 Å². The van der Waals surface area contributed by atoms with Gasteiger partial charge in [-0.1, -0.05) is 6.07 Å². The van der Waals surface area contributed by atoms with Crippen molar-refractivity contribution in [1.29, 1.82) is 0 Å². The summed E-state index contributed by atoms with van der Waals surface area (Å²) in [5.74, 6) is 1.92. The van der Waals surface area contributed by atoms with Crippen molar-refractivity contribution in [3.05, 3.63) is 36.1 Å². The lowest BCUT2D eigenvalue weighted by Gasteiger charge is -2.40. The van der Waals surface area contributed by atoms with Crippen molar-refractivity contribution in [2.45, 2.75) is 24.7 Å². The molecule has 11 nitrogen and oxygen atoms in total. The number of hydrogen-bond acceptors (Lipinski definition) is 9. The van der Waals surface area contributed by atoms with Gasteiger partial charge in [-0.25, -0.2) is 8.42 Å². The second kappa shape index (κ2) is 8.11. The Morgan fingerprint density at radius 1 is 1.16 bits per heavy atom. The highest BCUT2D eigenvalue weighted by atomic mass is 32.2. The first kappa shape index (κ1) is 22.1. The number of methoxy groups -OCH3 is 2. The van der Waals surface area contributed by atoms with Crippen LogP contribution >= 0.6 is 0 Å². The van der Waals surface area contributed by atoms with Crippen LogP contribution in [0.5, 0.6) is 11.5 Å². The lowest BCUT2D eigenvalue weighted by Crippen LogP contribution is -2.60. The van der Waals surface area contributed by atoms with Crippen LogP contribution in [0.15, 0.2) is 34.7 Å². The van der Waals surface area contributed by atoms with E-state index in [1.807, 2.05) is 0 Å². The fourth-order valence-electron chi connectivity index (χ4n) is 3.38. The maximum absolute atomic E-state index is 13.1. The molecule has 4 rings (SSSR count). The highest BCUT2D eigenvalue weighted by Crippen LogP contribution is 2.38. The molecule has 12 heteroatoms. The van der Waals surface area contributed by atoms with E-state index in [2.05, 4.69) is 14.9 Å². The van der Waals surface area contributed by atoms with Crippen LogP contribution in [0.25, 0.3) is 17.3 Å². The summed E-state index contributed by atoms with van der Waals surface area (Å²) in [6.45, 7) is 3.05. The number of furan rings is 1. The van der Waals surface area contributed by atoms with Gasteiger partial charge in [0.1, 0.15) is 33.8 Å². The summed E-state index contributed by atoms with van der Waals surface area (Å²) in [4.78, 5) is 0. The molecular formula is C20H24N4O7S. The fourth-order valence-corrected chi connectivity index (χ4v) is 4.66. The summed E-state index contributed by atoms with van der Waals surface area (Å²) in [5, 5.41) is 17.5. The van der Waals surface area contributed by atoms with Gasteiger partial charge in [0.05, 0.1) is 27.4 Å². The second-order valence-corrected chi connectivity index (χ2v) is 9.49. The van der Waals surface area contributed by atoms with Gasteiger partial charge in [-0.3, -0.25) is 9.29 Å². The Morgan fingerprint density at radius 2 is 1.81 bits per heavy atom. The Balaban J connectivity index is 1.88. The molecule has 2 N–H and O–H groups in total. The monoisotopic (exact) mass is 464 g/mol. The quantitative estimate of drug-likeness (QED) is 0.510. The Bertz CT molecular complexity index is 1210. The highest BCUT2D eigenvalue weighted by molar-refractivity contribution is 7.93. The SMILES string of the molecule is COc1cccc(OC)c1-n1c(NS(=O)(=O)[C@H](C)C2(O)COC2)nnc1-c1ccc(C)o1. The minimum Gasteiger partial charge on any atom is -0.494 e. The van der Waals surface area contributed by atoms with Crippen LogP contribution in [-0.2, 0) is 14.8 Å². The molecule has 0 aliphatic carbocycles. The molecule has 32 heavy (non-hydrogen) atoms. The number of aromatic nitrogens is 3. The molecule has 0 bridgehead atoms. The Hall–Kier alpha value is -3.09. The number of sulfonamides is 1. The van der Waals surface area contributed by atoms with Crippen LogP contribution in [0.3, 0.4) is 0 Å². The number of ether oxygens (including phenoxy) is 3. The maximum Gasteiger partial charge on any atom is 0.243 e. The maximum atomic E-state index is 13.1. The van der Waals surface area contributed by atoms with Gasteiger partial charge in [0, 0.05) is 0 Å². The predicted octanol–water partition coefficient (Wildman–Crippen LogP) is 1.74. The van der Waals surface area contributed by atoms with Crippen LogP contribution in [0.4, 0.5) is 5.95 Å². The first-order valence-corrected chi connectivity index (χ1v) is 11.3. The number of benzene rings is 1. The minimum absolute atomic E-state index is 0.0704. The molecule has 1 fully saturated rings. The van der Waals surface area contributed by atoms with Crippen molar-refractivity contribution in [2.75, 3.05) is 32.2 Å². The Kier molecular flexibility index (Phi) is 5.61. The first-order chi connectivity index (χ1) is 15.2. The molecule has 3 heterocycles. The number of nitrogens with zero attached hydrogens (tertiary/aromatic N) is 3. The Morgan fingerprint density at radius 3 is 2.31 bits per heavy atom. The number of anilines is 1. The molecule has 1 aromatic carbocycles. The standard InChI is InChI=1S/C20H24N4O7S/c1-12-8-9-16(31-12)18-21-22-19(23-32(26,27)13(2)20(25)10-30-11-20)24(18)17-14(28-3)6-5-7-15(17)29-4/h5-9,13,25H,10-11H2,1-4H3,(H,22,23)/t13-/m1/s1. The molecular weight excluding hydrogens is 440 g/mol. The summed E-state index contributed by atoms with van der Waals surface area (Å²) in [7, 11) is -1.11. The van der Waals surface area contributed by atoms with Gasteiger partial charge in [-0.05, 0) is 38.1 Å². The van der Waals surface area contributed by atoms with E-state index in [-0.39, 0.29) is 25.0 Å². The molecule has 1 atom stereocenters. The fraction of sp³-hybridized carbons (Fsp3) is 0.400.